The van der Waals surface area contributed by atoms with Crippen molar-refractivity contribution in [2.75, 3.05) is 6.26 Å². The van der Waals surface area contributed by atoms with Gasteiger partial charge in [-0.05, 0) is 34.4 Å². The molecule has 1 unspecified atom stereocenters. The van der Waals surface area contributed by atoms with Gasteiger partial charge in [-0.2, -0.15) is 0 Å². The summed E-state index contributed by atoms with van der Waals surface area (Å²) in [6.07, 6.45) is 8.03. The Kier molecular flexibility index (Phi) is 3.18. The van der Waals surface area contributed by atoms with Crippen molar-refractivity contribution in [2.45, 2.75) is 4.90 Å². The summed E-state index contributed by atoms with van der Waals surface area (Å²) < 4.78 is 11.7. The van der Waals surface area contributed by atoms with Gasteiger partial charge in [-0.1, -0.05) is 54.6 Å². The second-order valence-corrected chi connectivity index (χ2v) is 5.86. The second kappa shape index (κ2) is 4.98. The van der Waals surface area contributed by atoms with Crippen LogP contribution in [0, 0.1) is 0 Å². The molecule has 0 radical (unpaired) electrons. The van der Waals surface area contributed by atoms with Crippen molar-refractivity contribution in [2.24, 2.45) is 0 Å². The fourth-order valence-corrected chi connectivity index (χ4v) is 3.09. The second-order valence-electron chi connectivity index (χ2n) is 4.52. The minimum absolute atomic E-state index is 0.908. The normalized spacial score (nSPS) is 16.6. The van der Waals surface area contributed by atoms with E-state index in [0.29, 0.717) is 0 Å². The van der Waals surface area contributed by atoms with Crippen LogP contribution in [0.15, 0.2) is 59.5 Å². The van der Waals surface area contributed by atoms with Gasteiger partial charge < -0.3 is 0 Å². The number of hydrogen-bond donors (Lipinski definition) is 0. The lowest BCUT2D eigenvalue weighted by Crippen LogP contribution is -1.93. The summed E-state index contributed by atoms with van der Waals surface area (Å²) in [6.45, 7) is 0. The van der Waals surface area contributed by atoms with Crippen molar-refractivity contribution >= 4 is 28.5 Å². The van der Waals surface area contributed by atoms with Crippen molar-refractivity contribution in [3.05, 3.63) is 71.3 Å². The van der Waals surface area contributed by atoms with E-state index in [1.54, 1.807) is 6.26 Å². The van der Waals surface area contributed by atoms with Crippen LogP contribution in [0.5, 0.6) is 0 Å². The summed E-state index contributed by atoms with van der Waals surface area (Å²) >= 11 is 0. The predicted octanol–water partition coefficient (Wildman–Crippen LogP) is 3.99. The van der Waals surface area contributed by atoms with Crippen molar-refractivity contribution < 1.29 is 4.21 Å². The first-order valence-electron chi connectivity index (χ1n) is 6.17. The Morgan fingerprint density at radius 3 is 2.47 bits per heavy atom. The highest BCUT2D eigenvalue weighted by molar-refractivity contribution is 7.84. The summed E-state index contributed by atoms with van der Waals surface area (Å²) in [7, 11) is -0.951. The van der Waals surface area contributed by atoms with Crippen molar-refractivity contribution in [3.63, 3.8) is 0 Å². The molecule has 0 heterocycles. The summed E-state index contributed by atoms with van der Waals surface area (Å²) in [5.74, 6) is 0. The van der Waals surface area contributed by atoms with Crippen LogP contribution in [0.3, 0.4) is 0 Å². The van der Waals surface area contributed by atoms with Crippen molar-refractivity contribution in [3.8, 4) is 0 Å². The van der Waals surface area contributed by atoms with Crippen LogP contribution >= 0.6 is 0 Å². The third-order valence-corrected chi connectivity index (χ3v) is 4.21. The molecular weight excluding hydrogens is 252 g/mol. The summed E-state index contributed by atoms with van der Waals surface area (Å²) in [5, 5.41) is 0. The zero-order valence-corrected chi connectivity index (χ0v) is 11.5. The van der Waals surface area contributed by atoms with Crippen molar-refractivity contribution in [1.82, 2.24) is 0 Å². The average molecular weight is 266 g/mol. The Balaban J connectivity index is 2.09. The molecular formula is C17H14OS. The molecule has 1 aliphatic rings. The summed E-state index contributed by atoms with van der Waals surface area (Å²) in [5.41, 5.74) is 4.61. The molecule has 3 rings (SSSR count). The molecule has 19 heavy (non-hydrogen) atoms. The molecule has 2 aromatic rings. The molecule has 0 spiro atoms. The molecule has 0 saturated heterocycles. The highest BCUT2D eigenvalue weighted by Gasteiger charge is 2.15. The fraction of sp³-hybridized carbons (Fsp3) is 0.0588. The lowest BCUT2D eigenvalue weighted by molar-refractivity contribution is 0.686. The monoisotopic (exact) mass is 266 g/mol. The molecule has 2 aromatic carbocycles. The van der Waals surface area contributed by atoms with Gasteiger partial charge in [0, 0.05) is 11.2 Å². The first-order chi connectivity index (χ1) is 9.25. The smallest absolute Gasteiger partial charge is 0.0504 e. The Morgan fingerprint density at radius 2 is 1.74 bits per heavy atom. The van der Waals surface area contributed by atoms with Crippen LogP contribution in [0.1, 0.15) is 16.7 Å². The van der Waals surface area contributed by atoms with Gasteiger partial charge in [0.05, 0.1) is 10.8 Å². The Hall–Kier alpha value is -1.93. The van der Waals surface area contributed by atoms with Gasteiger partial charge in [0.2, 0.25) is 0 Å². The Morgan fingerprint density at radius 1 is 0.947 bits per heavy atom. The van der Waals surface area contributed by atoms with Gasteiger partial charge >= 0.3 is 0 Å². The van der Waals surface area contributed by atoms with Gasteiger partial charge in [0.15, 0.2) is 0 Å². The van der Waals surface area contributed by atoms with E-state index in [0.717, 1.165) is 16.0 Å². The Bertz CT molecular complexity index is 696. The molecule has 0 aromatic heterocycles. The van der Waals surface area contributed by atoms with E-state index in [4.69, 9.17) is 0 Å². The lowest BCUT2D eigenvalue weighted by Gasteiger charge is -2.05. The number of allylic oxidation sites excluding steroid dienone is 2. The zero-order valence-electron chi connectivity index (χ0n) is 10.7. The third kappa shape index (κ3) is 2.32. The maximum absolute atomic E-state index is 11.7. The lowest BCUT2D eigenvalue weighted by atomic mass is 10.0. The molecule has 1 aliphatic carbocycles. The molecule has 0 fully saturated rings. The molecule has 94 valence electrons. The van der Waals surface area contributed by atoms with Gasteiger partial charge in [-0.15, -0.1) is 0 Å². The number of hydrogen-bond acceptors (Lipinski definition) is 1. The van der Waals surface area contributed by atoms with Crippen LogP contribution in [0.4, 0.5) is 0 Å². The van der Waals surface area contributed by atoms with Crippen LogP contribution < -0.4 is 0 Å². The average Bonchev–Trinajstić information content (AvgIpc) is 2.83. The minimum Gasteiger partial charge on any atom is -0.255 e. The number of fused-ring (bicyclic) bond motifs is 1. The van der Waals surface area contributed by atoms with Crippen LogP contribution in [0.2, 0.25) is 0 Å². The van der Waals surface area contributed by atoms with Gasteiger partial charge in [-0.3, -0.25) is 4.21 Å². The molecule has 1 nitrogen and oxygen atoms in total. The van der Waals surface area contributed by atoms with E-state index in [1.165, 1.54) is 11.1 Å². The highest BCUT2D eigenvalue weighted by Crippen LogP contribution is 2.33. The molecule has 2 heteroatoms. The first kappa shape index (κ1) is 12.1. The van der Waals surface area contributed by atoms with Gasteiger partial charge in [-0.25, -0.2) is 0 Å². The molecule has 0 N–H and O–H groups in total. The van der Waals surface area contributed by atoms with Crippen LogP contribution in [0.25, 0.3) is 17.7 Å². The predicted molar refractivity (Wildman–Crippen MR) is 82.1 cm³/mol. The van der Waals surface area contributed by atoms with E-state index in [2.05, 4.69) is 36.4 Å². The topological polar surface area (TPSA) is 17.1 Å². The van der Waals surface area contributed by atoms with E-state index >= 15 is 0 Å². The number of benzene rings is 2. The van der Waals surface area contributed by atoms with Crippen LogP contribution in [-0.2, 0) is 10.8 Å². The first-order valence-corrected chi connectivity index (χ1v) is 7.73. The molecule has 0 bridgehead atoms. The van der Waals surface area contributed by atoms with E-state index in [1.807, 2.05) is 30.3 Å². The van der Waals surface area contributed by atoms with E-state index < -0.39 is 10.8 Å². The van der Waals surface area contributed by atoms with Gasteiger partial charge in [0.25, 0.3) is 0 Å². The van der Waals surface area contributed by atoms with E-state index in [-0.39, 0.29) is 0 Å². The standard InChI is InChI=1S/C17H14OS/c1-19(18)17-9-5-8-15-14(10-11-16(15)17)12-13-6-3-2-4-7-13/h2-12H,1H3. The quantitative estimate of drug-likeness (QED) is 0.803. The molecule has 1 atom stereocenters. The summed E-state index contributed by atoms with van der Waals surface area (Å²) in [6, 6.07) is 16.2. The maximum Gasteiger partial charge on any atom is 0.0504 e. The largest absolute Gasteiger partial charge is 0.255 e. The third-order valence-electron chi connectivity index (χ3n) is 3.24. The molecule has 0 aliphatic heterocycles. The number of rotatable bonds is 2. The van der Waals surface area contributed by atoms with E-state index in [9.17, 15) is 4.21 Å². The maximum atomic E-state index is 11.7. The minimum atomic E-state index is -0.951. The fourth-order valence-electron chi connectivity index (χ4n) is 2.34. The SMILES string of the molecule is CS(=O)c1cccc2c1C=CC2=Cc1ccccc1. The summed E-state index contributed by atoms with van der Waals surface area (Å²) in [4.78, 5) is 0.908. The van der Waals surface area contributed by atoms with Gasteiger partial charge in [0.1, 0.15) is 0 Å². The van der Waals surface area contributed by atoms with Crippen LogP contribution in [-0.4, -0.2) is 10.5 Å². The molecule has 0 saturated carbocycles. The zero-order chi connectivity index (χ0) is 13.2. The highest BCUT2D eigenvalue weighted by atomic mass is 32.2. The van der Waals surface area contributed by atoms with Crippen molar-refractivity contribution in [1.29, 1.82) is 0 Å². The molecule has 0 amide bonds. The Labute approximate surface area is 115 Å².